The molecule has 1 atom stereocenters. The fraction of sp³-hybridized carbons (Fsp3) is 0.292. The molecule has 2 rings (SSSR count). The molecule has 200 valence electrons. The first kappa shape index (κ1) is 29.7. The van der Waals surface area contributed by atoms with Crippen LogP contribution in [-0.2, 0) is 16.0 Å². The lowest BCUT2D eigenvalue weighted by Crippen LogP contribution is -2.26. The molecule has 0 fully saturated rings. The van der Waals surface area contributed by atoms with Crippen molar-refractivity contribution in [2.24, 2.45) is 0 Å². The van der Waals surface area contributed by atoms with E-state index in [1.54, 1.807) is 13.0 Å². The number of hydrogen-bond donors (Lipinski definition) is 1. The van der Waals surface area contributed by atoms with Gasteiger partial charge in [-0.15, -0.1) is 26.3 Å². The number of allylic oxidation sites excluding steroid dienone is 1. The van der Waals surface area contributed by atoms with Gasteiger partial charge < -0.3 is 24.1 Å². The van der Waals surface area contributed by atoms with Gasteiger partial charge >= 0.3 is 18.7 Å². The van der Waals surface area contributed by atoms with E-state index in [2.05, 4.69) is 21.3 Å². The van der Waals surface area contributed by atoms with Gasteiger partial charge in [0.2, 0.25) is 0 Å². The van der Waals surface area contributed by atoms with Crippen molar-refractivity contribution in [2.45, 2.75) is 32.2 Å². The van der Waals surface area contributed by atoms with E-state index in [1.165, 1.54) is 24.3 Å². The van der Waals surface area contributed by atoms with Gasteiger partial charge in [0, 0.05) is 13.0 Å². The zero-order valence-electron chi connectivity index (χ0n) is 19.0. The van der Waals surface area contributed by atoms with Crippen molar-refractivity contribution >= 4 is 17.6 Å². The minimum Gasteiger partial charge on any atom is -0.488 e. The van der Waals surface area contributed by atoms with Crippen molar-refractivity contribution in [1.82, 2.24) is 0 Å². The monoisotopic (exact) mass is 552 g/mol. The maximum absolute atomic E-state index is 12.7. The van der Waals surface area contributed by atoms with Crippen molar-refractivity contribution in [1.29, 1.82) is 0 Å². The van der Waals surface area contributed by atoms with Crippen LogP contribution in [0, 0.1) is 11.8 Å². The van der Waals surface area contributed by atoms with Gasteiger partial charge in [0.25, 0.3) is 0 Å². The van der Waals surface area contributed by atoms with Gasteiger partial charge in [-0.3, -0.25) is 0 Å². The van der Waals surface area contributed by atoms with E-state index in [0.29, 0.717) is 11.6 Å². The van der Waals surface area contributed by atoms with Crippen LogP contribution in [0.15, 0.2) is 48.6 Å². The number of hydrogen-bond acceptors (Lipinski definition) is 5. The van der Waals surface area contributed by atoms with Crippen LogP contribution < -0.4 is 14.2 Å². The summed E-state index contributed by atoms with van der Waals surface area (Å²) < 4.78 is 93.6. The fourth-order valence-electron chi connectivity index (χ4n) is 2.83. The molecule has 0 aliphatic carbocycles. The van der Waals surface area contributed by atoms with Gasteiger partial charge in [0.15, 0.2) is 17.6 Å². The number of carboxylic acid groups (broad SMARTS) is 1. The van der Waals surface area contributed by atoms with Gasteiger partial charge in [-0.2, -0.15) is 0 Å². The zero-order valence-corrected chi connectivity index (χ0v) is 19.7. The highest BCUT2D eigenvalue weighted by Crippen LogP contribution is 2.38. The van der Waals surface area contributed by atoms with Crippen LogP contribution in [0.4, 0.5) is 26.3 Å². The highest BCUT2D eigenvalue weighted by Gasteiger charge is 2.37. The van der Waals surface area contributed by atoms with E-state index in [1.807, 2.05) is 0 Å². The summed E-state index contributed by atoms with van der Waals surface area (Å²) in [6.07, 6.45) is -8.87. The topological polar surface area (TPSA) is 74.2 Å². The summed E-state index contributed by atoms with van der Waals surface area (Å²) >= 11 is 6.16. The second-order valence-electron chi connectivity index (χ2n) is 6.96. The average Bonchev–Trinajstić information content (AvgIpc) is 2.77. The van der Waals surface area contributed by atoms with Gasteiger partial charge in [-0.25, -0.2) is 4.79 Å². The molecule has 6 nitrogen and oxygen atoms in total. The molecule has 0 heterocycles. The number of carboxylic acids is 1. The van der Waals surface area contributed by atoms with Crippen LogP contribution >= 0.6 is 11.6 Å². The van der Waals surface area contributed by atoms with E-state index >= 15 is 0 Å². The van der Waals surface area contributed by atoms with Crippen LogP contribution in [0.3, 0.4) is 0 Å². The molecule has 0 aliphatic rings. The number of carbonyl (C=O) groups is 1. The lowest BCUT2D eigenvalue weighted by Gasteiger charge is -2.16. The number of ether oxygens (including phenoxy) is 4. The SMILES string of the molecule is CCOC(Cc1ccc(OCC=CC#Cc2cccc(OC(F)(F)F)c2OC(F)(F)F)c(Cl)c1)C(=O)O. The lowest BCUT2D eigenvalue weighted by atomic mass is 10.1. The first-order chi connectivity index (χ1) is 17.3. The summed E-state index contributed by atoms with van der Waals surface area (Å²) in [5.74, 6) is 1.37. The van der Waals surface area contributed by atoms with Gasteiger partial charge in [-0.05, 0) is 48.9 Å². The van der Waals surface area contributed by atoms with Gasteiger partial charge in [0.05, 0.1) is 10.6 Å². The molecule has 0 aromatic heterocycles. The van der Waals surface area contributed by atoms with Crippen molar-refractivity contribution in [3.05, 3.63) is 64.7 Å². The Labute approximate surface area is 212 Å². The molecule has 1 N–H and O–H groups in total. The maximum Gasteiger partial charge on any atom is 0.573 e. The number of benzene rings is 2. The third-order valence-electron chi connectivity index (χ3n) is 4.23. The number of halogens is 7. The molecular formula is C24H19ClF6O6. The van der Waals surface area contributed by atoms with E-state index in [-0.39, 0.29) is 30.4 Å². The first-order valence-electron chi connectivity index (χ1n) is 10.4. The zero-order chi connectivity index (χ0) is 27.6. The molecule has 0 aliphatic heterocycles. The molecule has 0 radical (unpaired) electrons. The highest BCUT2D eigenvalue weighted by atomic mass is 35.5. The van der Waals surface area contributed by atoms with Crippen molar-refractivity contribution < 1.29 is 55.2 Å². The molecule has 0 saturated heterocycles. The van der Waals surface area contributed by atoms with Gasteiger partial charge in [-0.1, -0.05) is 35.6 Å². The quantitative estimate of drug-likeness (QED) is 0.281. The Bertz CT molecular complexity index is 1170. The molecule has 0 amide bonds. The number of rotatable bonds is 10. The molecule has 1 unspecified atom stereocenters. The number of alkyl halides is 6. The first-order valence-corrected chi connectivity index (χ1v) is 10.7. The van der Waals surface area contributed by atoms with E-state index in [0.717, 1.165) is 12.1 Å². The molecule has 2 aromatic rings. The number of para-hydroxylation sites is 1. The summed E-state index contributed by atoms with van der Waals surface area (Å²) in [7, 11) is 0. The second kappa shape index (κ2) is 13.1. The third-order valence-corrected chi connectivity index (χ3v) is 4.52. The molecule has 0 spiro atoms. The summed E-state index contributed by atoms with van der Waals surface area (Å²) in [6.45, 7) is 1.84. The Morgan fingerprint density at radius 3 is 2.38 bits per heavy atom. The third kappa shape index (κ3) is 10.5. The molecule has 0 bridgehead atoms. The molecule has 2 aromatic carbocycles. The van der Waals surface area contributed by atoms with Gasteiger partial charge in [0.1, 0.15) is 12.4 Å². The fourth-order valence-corrected chi connectivity index (χ4v) is 3.08. The van der Waals surface area contributed by atoms with Crippen LogP contribution in [0.25, 0.3) is 0 Å². The summed E-state index contributed by atoms with van der Waals surface area (Å²) in [5, 5.41) is 9.36. The molecule has 37 heavy (non-hydrogen) atoms. The largest absolute Gasteiger partial charge is 0.573 e. The minimum absolute atomic E-state index is 0.0619. The Morgan fingerprint density at radius 2 is 1.78 bits per heavy atom. The molecule has 13 heteroatoms. The van der Waals surface area contributed by atoms with Crippen LogP contribution in [-0.4, -0.2) is 43.1 Å². The molecular weight excluding hydrogens is 534 g/mol. The predicted octanol–water partition coefficient (Wildman–Crippen LogP) is 6.16. The lowest BCUT2D eigenvalue weighted by molar-refractivity contribution is -0.287. The Hall–Kier alpha value is -3.56. The minimum atomic E-state index is -5.28. The highest BCUT2D eigenvalue weighted by molar-refractivity contribution is 6.32. The summed E-state index contributed by atoms with van der Waals surface area (Å²) in [6, 6.07) is 7.38. The Kier molecular flexibility index (Phi) is 10.5. The van der Waals surface area contributed by atoms with Crippen molar-refractivity contribution in [3.8, 4) is 29.1 Å². The number of aliphatic carboxylic acids is 1. The average molecular weight is 553 g/mol. The van der Waals surface area contributed by atoms with Crippen molar-refractivity contribution in [3.63, 3.8) is 0 Å². The van der Waals surface area contributed by atoms with Crippen molar-refractivity contribution in [2.75, 3.05) is 13.2 Å². The normalized spacial score (nSPS) is 12.5. The van der Waals surface area contributed by atoms with E-state index < -0.39 is 41.9 Å². The standard InChI is InChI=1S/C24H19ClF6O6/c1-2-34-20(22(32)33)14-15-10-11-18(17(25)13-15)35-12-5-3-4-7-16-8-6-9-19(36-23(26,27)28)21(16)37-24(29,30)31/h3,5-6,8-11,13,20H,2,12,14H2,1H3,(H,32,33). The maximum atomic E-state index is 12.7. The summed E-state index contributed by atoms with van der Waals surface area (Å²) in [4.78, 5) is 11.2. The van der Waals surface area contributed by atoms with E-state index in [4.69, 9.17) is 26.2 Å². The molecule has 0 saturated carbocycles. The van der Waals surface area contributed by atoms with Crippen LogP contribution in [0.5, 0.6) is 17.2 Å². The van der Waals surface area contributed by atoms with Crippen LogP contribution in [0.2, 0.25) is 5.02 Å². The summed E-state index contributed by atoms with van der Waals surface area (Å²) in [5.41, 5.74) is 0.114. The Morgan fingerprint density at radius 1 is 1.08 bits per heavy atom. The van der Waals surface area contributed by atoms with Crippen LogP contribution in [0.1, 0.15) is 18.1 Å². The smallest absolute Gasteiger partial charge is 0.488 e. The predicted molar refractivity (Wildman–Crippen MR) is 120 cm³/mol. The second-order valence-corrected chi connectivity index (χ2v) is 7.37. The Balaban J connectivity index is 2.07. The van der Waals surface area contributed by atoms with E-state index in [9.17, 15) is 31.1 Å².